The van der Waals surface area contributed by atoms with Crippen LogP contribution in [0.5, 0.6) is 0 Å². The second kappa shape index (κ2) is 2.23. The molecule has 0 spiro atoms. The van der Waals surface area contributed by atoms with Crippen LogP contribution in [0.15, 0.2) is 11.1 Å². The van der Waals surface area contributed by atoms with Crippen molar-refractivity contribution in [1.82, 2.24) is 10.2 Å². The molecular weight excluding hydrogens is 144 g/mol. The van der Waals surface area contributed by atoms with Gasteiger partial charge in [0.05, 0.1) is 11.9 Å². The molecule has 0 bridgehead atoms. The van der Waals surface area contributed by atoms with Gasteiger partial charge in [-0.25, -0.2) is 0 Å². The summed E-state index contributed by atoms with van der Waals surface area (Å²) in [6, 6.07) is 0. The summed E-state index contributed by atoms with van der Waals surface area (Å²) in [5.74, 6) is 1.20. The highest BCUT2D eigenvalue weighted by atomic mass is 32.2. The number of thioether (sulfide) groups is 1. The molecule has 1 aromatic rings. The number of rotatable bonds is 0. The zero-order valence-electron chi connectivity index (χ0n) is 5.79. The molecule has 1 aliphatic rings. The lowest BCUT2D eigenvalue weighted by Crippen LogP contribution is -1.92. The van der Waals surface area contributed by atoms with Crippen LogP contribution in [0.1, 0.15) is 11.3 Å². The van der Waals surface area contributed by atoms with E-state index in [0.717, 1.165) is 5.69 Å². The molecule has 0 unspecified atom stereocenters. The van der Waals surface area contributed by atoms with Gasteiger partial charge in [-0.3, -0.25) is 0 Å². The summed E-state index contributed by atoms with van der Waals surface area (Å²) in [6.45, 7) is 2.03. The molecule has 0 atom stereocenters. The minimum absolute atomic E-state index is 1.10. The Morgan fingerprint density at radius 2 is 2.50 bits per heavy atom. The maximum Gasteiger partial charge on any atom is 0.0643 e. The lowest BCUT2D eigenvalue weighted by molar-refractivity contribution is 0.908. The summed E-state index contributed by atoms with van der Waals surface area (Å²) < 4.78 is 0. The van der Waals surface area contributed by atoms with E-state index in [1.807, 2.05) is 24.9 Å². The Morgan fingerprint density at radius 1 is 1.60 bits per heavy atom. The molecule has 0 N–H and O–H groups in total. The molecule has 0 saturated heterocycles. The summed E-state index contributed by atoms with van der Waals surface area (Å²) in [7, 11) is 0. The average Bonchev–Trinajstić information content (AvgIpc) is 2.36. The van der Waals surface area contributed by atoms with Gasteiger partial charge in [-0.15, -0.1) is 11.8 Å². The molecule has 0 amide bonds. The predicted octanol–water partition coefficient (Wildman–Crippen LogP) is 1.43. The number of fused-ring (bicyclic) bond motifs is 1. The standard InChI is InChI=1S/C7H8N2S/c1-5-6-2-3-10-7(6)4-8-9-5/h4H,2-3H2,1H3. The van der Waals surface area contributed by atoms with Gasteiger partial charge in [0.1, 0.15) is 0 Å². The van der Waals surface area contributed by atoms with Crippen LogP contribution in [-0.2, 0) is 6.42 Å². The second-order valence-electron chi connectivity index (χ2n) is 2.37. The zero-order valence-corrected chi connectivity index (χ0v) is 6.61. The van der Waals surface area contributed by atoms with E-state index in [4.69, 9.17) is 0 Å². The highest BCUT2D eigenvalue weighted by Gasteiger charge is 2.13. The molecule has 0 aromatic carbocycles. The SMILES string of the molecule is Cc1nncc2c1CCS2. The van der Waals surface area contributed by atoms with Crippen LogP contribution in [0, 0.1) is 6.92 Å². The van der Waals surface area contributed by atoms with E-state index in [1.54, 1.807) is 0 Å². The van der Waals surface area contributed by atoms with E-state index >= 15 is 0 Å². The fourth-order valence-electron chi connectivity index (χ4n) is 1.18. The first kappa shape index (κ1) is 6.16. The minimum atomic E-state index is 1.10. The summed E-state index contributed by atoms with van der Waals surface area (Å²) in [4.78, 5) is 1.33. The van der Waals surface area contributed by atoms with Crippen LogP contribution in [0.2, 0.25) is 0 Å². The van der Waals surface area contributed by atoms with Crippen LogP contribution in [0.3, 0.4) is 0 Å². The largest absolute Gasteiger partial charge is 0.158 e. The van der Waals surface area contributed by atoms with Gasteiger partial charge >= 0.3 is 0 Å². The van der Waals surface area contributed by atoms with Crippen molar-refractivity contribution < 1.29 is 0 Å². The van der Waals surface area contributed by atoms with Gasteiger partial charge in [-0.1, -0.05) is 0 Å². The molecule has 2 nitrogen and oxygen atoms in total. The van der Waals surface area contributed by atoms with Crippen molar-refractivity contribution in [3.05, 3.63) is 17.5 Å². The Morgan fingerprint density at radius 3 is 3.30 bits per heavy atom. The summed E-state index contributed by atoms with van der Waals surface area (Å²) in [5, 5.41) is 7.87. The van der Waals surface area contributed by atoms with Crippen molar-refractivity contribution in [1.29, 1.82) is 0 Å². The van der Waals surface area contributed by atoms with Gasteiger partial charge in [0.2, 0.25) is 0 Å². The van der Waals surface area contributed by atoms with Crippen LogP contribution in [-0.4, -0.2) is 16.0 Å². The molecular formula is C7H8N2S. The molecule has 2 rings (SSSR count). The maximum atomic E-state index is 3.99. The lowest BCUT2D eigenvalue weighted by Gasteiger charge is -1.97. The third kappa shape index (κ3) is 0.814. The monoisotopic (exact) mass is 152 g/mol. The van der Waals surface area contributed by atoms with Crippen LogP contribution in [0.25, 0.3) is 0 Å². The molecule has 0 aliphatic carbocycles. The maximum absolute atomic E-state index is 3.99. The molecule has 1 aromatic heterocycles. The first-order chi connectivity index (χ1) is 4.88. The Balaban J connectivity index is 2.59. The summed E-state index contributed by atoms with van der Waals surface area (Å²) >= 11 is 1.88. The lowest BCUT2D eigenvalue weighted by atomic mass is 10.2. The fraction of sp³-hybridized carbons (Fsp3) is 0.429. The molecule has 0 radical (unpaired) electrons. The minimum Gasteiger partial charge on any atom is -0.158 e. The molecule has 10 heavy (non-hydrogen) atoms. The Kier molecular flexibility index (Phi) is 1.38. The smallest absolute Gasteiger partial charge is 0.0643 e. The van der Waals surface area contributed by atoms with Gasteiger partial charge in [-0.2, -0.15) is 10.2 Å². The van der Waals surface area contributed by atoms with Gasteiger partial charge in [-0.05, 0) is 18.9 Å². The van der Waals surface area contributed by atoms with E-state index in [0.29, 0.717) is 0 Å². The van der Waals surface area contributed by atoms with E-state index in [1.165, 1.54) is 22.6 Å². The molecule has 1 aliphatic heterocycles. The molecule has 52 valence electrons. The molecule has 2 heterocycles. The average molecular weight is 152 g/mol. The first-order valence-corrected chi connectivity index (χ1v) is 4.30. The quantitative estimate of drug-likeness (QED) is 0.562. The van der Waals surface area contributed by atoms with Crippen molar-refractivity contribution >= 4 is 11.8 Å². The van der Waals surface area contributed by atoms with Crippen LogP contribution >= 0.6 is 11.8 Å². The Hall–Kier alpha value is -0.570. The second-order valence-corrected chi connectivity index (χ2v) is 3.51. The van der Waals surface area contributed by atoms with Gasteiger partial charge in [0, 0.05) is 10.6 Å². The topological polar surface area (TPSA) is 25.8 Å². The zero-order chi connectivity index (χ0) is 6.97. The predicted molar refractivity (Wildman–Crippen MR) is 41.2 cm³/mol. The van der Waals surface area contributed by atoms with Crippen LogP contribution in [0.4, 0.5) is 0 Å². The molecule has 0 fully saturated rings. The van der Waals surface area contributed by atoms with Crippen molar-refractivity contribution in [2.45, 2.75) is 18.2 Å². The van der Waals surface area contributed by atoms with Gasteiger partial charge < -0.3 is 0 Å². The highest BCUT2D eigenvalue weighted by molar-refractivity contribution is 7.99. The van der Waals surface area contributed by atoms with E-state index < -0.39 is 0 Å². The van der Waals surface area contributed by atoms with Crippen LogP contribution < -0.4 is 0 Å². The third-order valence-corrected chi connectivity index (χ3v) is 2.80. The van der Waals surface area contributed by atoms with Crippen molar-refractivity contribution in [3.8, 4) is 0 Å². The highest BCUT2D eigenvalue weighted by Crippen LogP contribution is 2.30. The first-order valence-electron chi connectivity index (χ1n) is 3.32. The number of hydrogen-bond donors (Lipinski definition) is 0. The molecule has 3 heteroatoms. The fourth-order valence-corrected chi connectivity index (χ4v) is 2.25. The number of aromatic nitrogens is 2. The van der Waals surface area contributed by atoms with E-state index in [2.05, 4.69) is 10.2 Å². The van der Waals surface area contributed by atoms with Crippen molar-refractivity contribution in [2.75, 3.05) is 5.75 Å². The van der Waals surface area contributed by atoms with Crippen molar-refractivity contribution in [3.63, 3.8) is 0 Å². The third-order valence-electron chi connectivity index (χ3n) is 1.73. The Bertz CT molecular complexity index is 260. The van der Waals surface area contributed by atoms with E-state index in [9.17, 15) is 0 Å². The van der Waals surface area contributed by atoms with Gasteiger partial charge in [0.25, 0.3) is 0 Å². The number of hydrogen-bond acceptors (Lipinski definition) is 3. The van der Waals surface area contributed by atoms with Gasteiger partial charge in [0.15, 0.2) is 0 Å². The normalized spacial score (nSPS) is 15.3. The van der Waals surface area contributed by atoms with Crippen molar-refractivity contribution in [2.24, 2.45) is 0 Å². The number of nitrogens with zero attached hydrogens (tertiary/aromatic N) is 2. The molecule has 0 saturated carbocycles. The number of aryl methyl sites for hydroxylation is 1. The summed E-state index contributed by atoms with van der Waals surface area (Å²) in [5.41, 5.74) is 2.50. The summed E-state index contributed by atoms with van der Waals surface area (Å²) in [6.07, 6.45) is 3.03. The Labute approximate surface area is 64.1 Å². The van der Waals surface area contributed by atoms with E-state index in [-0.39, 0.29) is 0 Å².